The number of nitro groups is 1. The van der Waals surface area contributed by atoms with E-state index in [2.05, 4.69) is 10.2 Å². The molecule has 0 radical (unpaired) electrons. The largest absolute Gasteiger partial charge is 0.477 e. The number of benzene rings is 1. The fraction of sp³-hybridized carbons (Fsp3) is 0.500. The Morgan fingerprint density at radius 3 is 2.76 bits per heavy atom. The molecule has 1 saturated heterocycles. The second-order valence-corrected chi connectivity index (χ2v) is 5.65. The van der Waals surface area contributed by atoms with Crippen molar-refractivity contribution >= 4 is 17.3 Å². The van der Waals surface area contributed by atoms with Gasteiger partial charge in [0, 0.05) is 36.9 Å². The lowest BCUT2D eigenvalue weighted by atomic mass is 10.1. The van der Waals surface area contributed by atoms with Gasteiger partial charge in [0.2, 0.25) is 0 Å². The van der Waals surface area contributed by atoms with Gasteiger partial charge in [0.05, 0.1) is 4.92 Å². The molecule has 1 aliphatic carbocycles. The fourth-order valence-electron chi connectivity index (χ4n) is 2.87. The van der Waals surface area contributed by atoms with Crippen LogP contribution in [0.3, 0.4) is 0 Å². The van der Waals surface area contributed by atoms with E-state index in [4.69, 9.17) is 5.11 Å². The first-order chi connectivity index (χ1) is 10.0. The number of rotatable bonds is 5. The molecular weight excluding hydrogens is 274 g/mol. The minimum absolute atomic E-state index is 0.272. The third-order valence-electron chi connectivity index (χ3n) is 4.08. The number of nitrogens with one attached hydrogen (secondary N) is 1. The molecule has 0 amide bonds. The van der Waals surface area contributed by atoms with Gasteiger partial charge in [0.25, 0.3) is 5.69 Å². The highest BCUT2D eigenvalue weighted by Crippen LogP contribution is 2.31. The maximum atomic E-state index is 11.1. The van der Waals surface area contributed by atoms with Crippen molar-refractivity contribution in [3.8, 4) is 0 Å². The van der Waals surface area contributed by atoms with Crippen molar-refractivity contribution in [2.24, 2.45) is 0 Å². The first-order valence-electron chi connectivity index (χ1n) is 7.07. The lowest BCUT2D eigenvalue weighted by Gasteiger charge is -2.17. The quantitative estimate of drug-likeness (QED) is 0.636. The molecule has 1 saturated carbocycles. The van der Waals surface area contributed by atoms with Crippen molar-refractivity contribution in [1.29, 1.82) is 0 Å². The van der Waals surface area contributed by atoms with Crippen LogP contribution in [0.4, 0.5) is 11.4 Å². The van der Waals surface area contributed by atoms with Gasteiger partial charge in [-0.3, -0.25) is 15.0 Å². The average molecular weight is 291 g/mol. The molecule has 112 valence electrons. The van der Waals surface area contributed by atoms with Crippen molar-refractivity contribution in [3.63, 3.8) is 0 Å². The van der Waals surface area contributed by atoms with Gasteiger partial charge in [-0.1, -0.05) is 0 Å². The summed E-state index contributed by atoms with van der Waals surface area (Å²) in [5, 5.41) is 23.2. The normalized spacial score (nSPS) is 22.2. The van der Waals surface area contributed by atoms with Gasteiger partial charge >= 0.3 is 5.97 Å². The molecule has 0 aromatic heterocycles. The van der Waals surface area contributed by atoms with Crippen LogP contribution >= 0.6 is 0 Å². The SMILES string of the molecule is O=C(O)c1cc(NC2CCN(C3CC3)C2)ccc1[N+](=O)[O-]. The summed E-state index contributed by atoms with van der Waals surface area (Å²) in [6, 6.07) is 5.17. The first-order valence-corrected chi connectivity index (χ1v) is 7.07. The Balaban J connectivity index is 1.72. The summed E-state index contributed by atoms with van der Waals surface area (Å²) in [5.41, 5.74) is -0.0261. The Morgan fingerprint density at radius 1 is 1.38 bits per heavy atom. The first kappa shape index (κ1) is 13.8. The molecule has 7 nitrogen and oxygen atoms in total. The molecule has 3 rings (SSSR count). The van der Waals surface area contributed by atoms with Crippen LogP contribution in [0.25, 0.3) is 0 Å². The standard InChI is InChI=1S/C14H17N3O4/c18-14(19)12-7-9(1-4-13(12)17(20)21)15-10-5-6-16(8-10)11-2-3-11/h1,4,7,10-11,15H,2-3,5-6,8H2,(H,18,19). The van der Waals surface area contributed by atoms with Crippen molar-refractivity contribution in [2.45, 2.75) is 31.3 Å². The molecular formula is C14H17N3O4. The molecule has 0 bridgehead atoms. The van der Waals surface area contributed by atoms with Crippen molar-refractivity contribution < 1.29 is 14.8 Å². The third-order valence-corrected chi connectivity index (χ3v) is 4.08. The second-order valence-electron chi connectivity index (χ2n) is 5.65. The highest BCUT2D eigenvalue weighted by atomic mass is 16.6. The van der Waals surface area contributed by atoms with Gasteiger partial charge in [-0.25, -0.2) is 4.79 Å². The van der Waals surface area contributed by atoms with Crippen LogP contribution < -0.4 is 5.32 Å². The number of nitrogens with zero attached hydrogens (tertiary/aromatic N) is 2. The van der Waals surface area contributed by atoms with E-state index in [0.717, 1.165) is 25.6 Å². The third kappa shape index (κ3) is 2.97. The predicted octanol–water partition coefficient (Wildman–Crippen LogP) is 1.94. The van der Waals surface area contributed by atoms with E-state index in [1.807, 2.05) is 0 Å². The molecule has 7 heteroatoms. The van der Waals surface area contributed by atoms with Crippen LogP contribution in [-0.2, 0) is 0 Å². The van der Waals surface area contributed by atoms with Gasteiger partial charge in [0.1, 0.15) is 5.56 Å². The summed E-state index contributed by atoms with van der Waals surface area (Å²) >= 11 is 0. The number of likely N-dealkylation sites (tertiary alicyclic amines) is 1. The van der Waals surface area contributed by atoms with Crippen molar-refractivity contribution in [1.82, 2.24) is 4.90 Å². The van der Waals surface area contributed by atoms with Crippen LogP contribution in [0.15, 0.2) is 18.2 Å². The second kappa shape index (κ2) is 5.33. The number of anilines is 1. The number of hydrogen-bond acceptors (Lipinski definition) is 5. The lowest BCUT2D eigenvalue weighted by Crippen LogP contribution is -2.27. The Labute approximate surface area is 121 Å². The molecule has 1 aromatic rings. The predicted molar refractivity (Wildman–Crippen MR) is 76.7 cm³/mol. The molecule has 1 atom stereocenters. The lowest BCUT2D eigenvalue weighted by molar-refractivity contribution is -0.385. The molecule has 1 aromatic carbocycles. The zero-order chi connectivity index (χ0) is 15.0. The fourth-order valence-corrected chi connectivity index (χ4v) is 2.87. The van der Waals surface area contributed by atoms with E-state index in [0.29, 0.717) is 5.69 Å². The summed E-state index contributed by atoms with van der Waals surface area (Å²) in [7, 11) is 0. The summed E-state index contributed by atoms with van der Waals surface area (Å²) in [6.45, 7) is 2.01. The van der Waals surface area contributed by atoms with Crippen molar-refractivity contribution in [3.05, 3.63) is 33.9 Å². The number of hydrogen-bond donors (Lipinski definition) is 2. The number of nitro benzene ring substituents is 1. The van der Waals surface area contributed by atoms with Crippen LogP contribution in [0.1, 0.15) is 29.6 Å². The van der Waals surface area contributed by atoms with Gasteiger partial charge in [-0.05, 0) is 31.4 Å². The maximum Gasteiger partial charge on any atom is 0.342 e. The van der Waals surface area contributed by atoms with E-state index >= 15 is 0 Å². The minimum atomic E-state index is -1.28. The smallest absolute Gasteiger partial charge is 0.342 e. The molecule has 2 fully saturated rings. The van der Waals surface area contributed by atoms with E-state index in [1.54, 1.807) is 6.07 Å². The monoisotopic (exact) mass is 291 g/mol. The van der Waals surface area contributed by atoms with Crippen LogP contribution in [0.2, 0.25) is 0 Å². The summed E-state index contributed by atoms with van der Waals surface area (Å²) in [4.78, 5) is 23.7. The molecule has 2 N–H and O–H groups in total. The van der Waals surface area contributed by atoms with E-state index in [1.165, 1.54) is 25.0 Å². The van der Waals surface area contributed by atoms with Gasteiger partial charge in [-0.15, -0.1) is 0 Å². The highest BCUT2D eigenvalue weighted by Gasteiger charge is 2.34. The highest BCUT2D eigenvalue weighted by molar-refractivity contribution is 5.93. The van der Waals surface area contributed by atoms with Crippen LogP contribution in [0, 0.1) is 10.1 Å². The number of carboxylic acids is 1. The molecule has 1 heterocycles. The average Bonchev–Trinajstić information content (AvgIpc) is 3.19. The van der Waals surface area contributed by atoms with Gasteiger partial charge < -0.3 is 10.4 Å². The summed E-state index contributed by atoms with van der Waals surface area (Å²) < 4.78 is 0. The van der Waals surface area contributed by atoms with Crippen molar-refractivity contribution in [2.75, 3.05) is 18.4 Å². The number of carbonyl (C=O) groups is 1. The number of carboxylic acid groups (broad SMARTS) is 1. The maximum absolute atomic E-state index is 11.1. The van der Waals surface area contributed by atoms with Crippen LogP contribution in [0.5, 0.6) is 0 Å². The Morgan fingerprint density at radius 2 is 2.14 bits per heavy atom. The Hall–Kier alpha value is -2.15. The zero-order valence-electron chi connectivity index (χ0n) is 11.5. The van der Waals surface area contributed by atoms with Gasteiger partial charge in [-0.2, -0.15) is 0 Å². The summed E-state index contributed by atoms with van der Waals surface area (Å²) in [5.74, 6) is -1.28. The van der Waals surface area contributed by atoms with E-state index in [9.17, 15) is 14.9 Å². The Bertz CT molecular complexity index is 586. The topological polar surface area (TPSA) is 95.7 Å². The Kier molecular flexibility index (Phi) is 3.50. The molecule has 1 aliphatic heterocycles. The van der Waals surface area contributed by atoms with E-state index < -0.39 is 10.9 Å². The summed E-state index contributed by atoms with van der Waals surface area (Å²) in [6.07, 6.45) is 3.55. The van der Waals surface area contributed by atoms with E-state index in [-0.39, 0.29) is 17.3 Å². The zero-order valence-corrected chi connectivity index (χ0v) is 11.5. The number of aromatic carboxylic acids is 1. The van der Waals surface area contributed by atoms with Crippen LogP contribution in [-0.4, -0.2) is 46.1 Å². The minimum Gasteiger partial charge on any atom is -0.477 e. The molecule has 1 unspecified atom stereocenters. The molecule has 0 spiro atoms. The molecule has 2 aliphatic rings. The molecule has 21 heavy (non-hydrogen) atoms. The van der Waals surface area contributed by atoms with Gasteiger partial charge in [0.15, 0.2) is 0 Å².